The Morgan fingerprint density at radius 1 is 0.964 bits per heavy atom. The molecule has 0 spiro atoms. The number of para-hydroxylation sites is 2. The molecule has 0 unspecified atom stereocenters. The third kappa shape index (κ3) is 3.05. The molecule has 0 bridgehead atoms. The second-order valence-corrected chi connectivity index (χ2v) is 7.35. The monoisotopic (exact) mass is 374 g/mol. The Labute approximate surface area is 163 Å². The highest BCUT2D eigenvalue weighted by Gasteiger charge is 2.31. The summed E-state index contributed by atoms with van der Waals surface area (Å²) in [4.78, 5) is 26.1. The van der Waals surface area contributed by atoms with Crippen LogP contribution in [0.3, 0.4) is 0 Å². The first-order valence-electron chi connectivity index (χ1n) is 9.74. The van der Waals surface area contributed by atoms with Crippen LogP contribution < -0.4 is 9.64 Å². The van der Waals surface area contributed by atoms with Crippen LogP contribution in [0, 0.1) is 5.92 Å². The van der Waals surface area contributed by atoms with E-state index in [-0.39, 0.29) is 11.8 Å². The fraction of sp³-hybridized carbons (Fsp3) is 0.318. The number of hydrogen-bond acceptors (Lipinski definition) is 5. The smallest absolute Gasteiger partial charge is 0.229 e. The lowest BCUT2D eigenvalue weighted by atomic mass is 9.95. The Balaban J connectivity index is 1.27. The predicted octanol–water partition coefficient (Wildman–Crippen LogP) is 2.53. The van der Waals surface area contributed by atoms with Crippen LogP contribution in [0.15, 0.2) is 54.9 Å². The summed E-state index contributed by atoms with van der Waals surface area (Å²) in [5.41, 5.74) is 2.07. The van der Waals surface area contributed by atoms with Crippen molar-refractivity contribution >= 4 is 22.6 Å². The molecular formula is C22H22N4O2. The van der Waals surface area contributed by atoms with Gasteiger partial charge in [0.25, 0.3) is 0 Å². The number of carbonyl (C=O) groups is 1. The highest BCUT2D eigenvalue weighted by molar-refractivity contribution is 5.89. The van der Waals surface area contributed by atoms with Crippen molar-refractivity contribution in [2.75, 3.05) is 37.7 Å². The van der Waals surface area contributed by atoms with Gasteiger partial charge in [0.05, 0.1) is 11.4 Å². The van der Waals surface area contributed by atoms with E-state index >= 15 is 0 Å². The summed E-state index contributed by atoms with van der Waals surface area (Å²) in [7, 11) is 0. The lowest BCUT2D eigenvalue weighted by molar-refractivity contribution is -0.137. The van der Waals surface area contributed by atoms with Gasteiger partial charge in [0.1, 0.15) is 24.5 Å². The van der Waals surface area contributed by atoms with E-state index in [1.54, 1.807) is 6.33 Å². The Morgan fingerprint density at radius 2 is 1.75 bits per heavy atom. The lowest BCUT2D eigenvalue weighted by Crippen LogP contribution is -2.52. The first-order valence-corrected chi connectivity index (χ1v) is 9.74. The largest absolute Gasteiger partial charge is 0.492 e. The highest BCUT2D eigenvalue weighted by Crippen LogP contribution is 2.28. The zero-order valence-electron chi connectivity index (χ0n) is 15.6. The van der Waals surface area contributed by atoms with Crippen molar-refractivity contribution in [3.63, 3.8) is 0 Å². The molecule has 5 rings (SSSR count). The van der Waals surface area contributed by atoms with Gasteiger partial charge in [-0.15, -0.1) is 0 Å². The van der Waals surface area contributed by atoms with Gasteiger partial charge in [0.15, 0.2) is 0 Å². The molecule has 6 nitrogen and oxygen atoms in total. The number of amides is 1. The fourth-order valence-electron chi connectivity index (χ4n) is 4.13. The number of carbonyl (C=O) groups excluding carboxylic acids is 1. The number of benzene rings is 2. The summed E-state index contributed by atoms with van der Waals surface area (Å²) in [6, 6.07) is 16.0. The second kappa shape index (κ2) is 7.11. The van der Waals surface area contributed by atoms with Gasteiger partial charge in [0, 0.05) is 31.6 Å². The summed E-state index contributed by atoms with van der Waals surface area (Å²) in [6.07, 6.45) is 2.37. The molecule has 0 N–H and O–H groups in total. The zero-order valence-corrected chi connectivity index (χ0v) is 15.6. The van der Waals surface area contributed by atoms with Crippen molar-refractivity contribution in [2.24, 2.45) is 5.92 Å². The van der Waals surface area contributed by atoms with Gasteiger partial charge in [-0.25, -0.2) is 9.97 Å². The minimum absolute atomic E-state index is 0.0960. The van der Waals surface area contributed by atoms with Crippen LogP contribution in [0.25, 0.3) is 10.9 Å². The lowest BCUT2D eigenvalue weighted by Gasteiger charge is -2.38. The molecule has 0 saturated carbocycles. The summed E-state index contributed by atoms with van der Waals surface area (Å²) in [5, 5.41) is 1.06. The molecule has 3 aromatic rings. The Hall–Kier alpha value is -3.15. The third-order valence-corrected chi connectivity index (χ3v) is 5.64. The van der Waals surface area contributed by atoms with Crippen LogP contribution in [0.2, 0.25) is 0 Å². The summed E-state index contributed by atoms with van der Waals surface area (Å²) in [5.74, 6) is 1.96. The molecule has 0 radical (unpaired) electrons. The fourth-order valence-corrected chi connectivity index (χ4v) is 4.13. The average molecular weight is 374 g/mol. The van der Waals surface area contributed by atoms with E-state index in [1.165, 1.54) is 0 Å². The molecule has 142 valence electrons. The van der Waals surface area contributed by atoms with Gasteiger partial charge < -0.3 is 14.5 Å². The van der Waals surface area contributed by atoms with Crippen LogP contribution in [-0.4, -0.2) is 53.6 Å². The number of hydrogen-bond donors (Lipinski definition) is 0. The quantitative estimate of drug-likeness (QED) is 0.690. The Bertz CT molecular complexity index is 1010. The molecule has 6 heteroatoms. The molecule has 1 fully saturated rings. The van der Waals surface area contributed by atoms with E-state index in [4.69, 9.17) is 4.74 Å². The molecule has 1 aromatic heterocycles. The molecule has 2 aromatic carbocycles. The maximum absolute atomic E-state index is 13.0. The molecule has 3 heterocycles. The first-order chi connectivity index (χ1) is 13.8. The van der Waals surface area contributed by atoms with Crippen molar-refractivity contribution in [3.8, 4) is 5.75 Å². The van der Waals surface area contributed by atoms with Crippen molar-refractivity contribution in [2.45, 2.75) is 6.42 Å². The Kier molecular flexibility index (Phi) is 4.31. The first kappa shape index (κ1) is 17.0. The van der Waals surface area contributed by atoms with E-state index in [0.29, 0.717) is 19.7 Å². The second-order valence-electron chi connectivity index (χ2n) is 7.35. The molecule has 2 aliphatic rings. The minimum atomic E-state index is -0.0960. The van der Waals surface area contributed by atoms with Crippen LogP contribution in [0.1, 0.15) is 5.56 Å². The summed E-state index contributed by atoms with van der Waals surface area (Å²) >= 11 is 0. The van der Waals surface area contributed by atoms with E-state index < -0.39 is 0 Å². The molecule has 1 saturated heterocycles. The summed E-state index contributed by atoms with van der Waals surface area (Å²) < 4.78 is 5.81. The number of fused-ring (bicyclic) bond motifs is 2. The number of anilines is 1. The maximum atomic E-state index is 13.0. The average Bonchev–Trinajstić information content (AvgIpc) is 2.78. The van der Waals surface area contributed by atoms with E-state index in [9.17, 15) is 4.79 Å². The molecule has 1 atom stereocenters. The molecule has 2 aliphatic heterocycles. The van der Waals surface area contributed by atoms with Crippen LogP contribution in [0.4, 0.5) is 5.82 Å². The molecular weight excluding hydrogens is 352 g/mol. The van der Waals surface area contributed by atoms with Crippen LogP contribution in [0.5, 0.6) is 5.75 Å². The Morgan fingerprint density at radius 3 is 2.64 bits per heavy atom. The van der Waals surface area contributed by atoms with Gasteiger partial charge in [-0.05, 0) is 30.2 Å². The van der Waals surface area contributed by atoms with Crippen molar-refractivity contribution < 1.29 is 9.53 Å². The van der Waals surface area contributed by atoms with Gasteiger partial charge in [0.2, 0.25) is 5.91 Å². The van der Waals surface area contributed by atoms with Gasteiger partial charge in [-0.1, -0.05) is 30.3 Å². The van der Waals surface area contributed by atoms with Gasteiger partial charge in [-0.2, -0.15) is 0 Å². The highest BCUT2D eigenvalue weighted by atomic mass is 16.5. The number of nitrogens with zero attached hydrogens (tertiary/aromatic N) is 4. The standard InChI is InChI=1S/C22H22N4O2/c27-22(17-13-16-5-1-4-8-20(16)28-14-17)26-11-9-25(10-12-26)21-18-6-2-3-7-19(18)23-15-24-21/h1-8,15,17H,9-14H2/t17-/m0/s1. The zero-order chi connectivity index (χ0) is 18.9. The summed E-state index contributed by atoms with van der Waals surface area (Å²) in [6.45, 7) is 3.42. The maximum Gasteiger partial charge on any atom is 0.229 e. The van der Waals surface area contributed by atoms with Gasteiger partial charge in [-0.3, -0.25) is 4.79 Å². The molecule has 1 amide bonds. The molecule has 28 heavy (non-hydrogen) atoms. The van der Waals surface area contributed by atoms with Crippen molar-refractivity contribution in [1.29, 1.82) is 0 Å². The van der Waals surface area contributed by atoms with Gasteiger partial charge >= 0.3 is 0 Å². The SMILES string of the molecule is O=C([C@@H]1COc2ccccc2C1)N1CCN(c2ncnc3ccccc23)CC1. The van der Waals surface area contributed by atoms with Crippen LogP contribution in [-0.2, 0) is 11.2 Å². The van der Waals surface area contributed by atoms with E-state index in [2.05, 4.69) is 20.9 Å². The van der Waals surface area contributed by atoms with Crippen molar-refractivity contribution in [1.82, 2.24) is 14.9 Å². The normalized spacial score (nSPS) is 19.2. The number of aromatic nitrogens is 2. The van der Waals surface area contributed by atoms with Crippen LogP contribution >= 0.6 is 0 Å². The van der Waals surface area contributed by atoms with E-state index in [1.807, 2.05) is 47.4 Å². The van der Waals surface area contributed by atoms with Crippen molar-refractivity contribution in [3.05, 3.63) is 60.4 Å². The topological polar surface area (TPSA) is 58.6 Å². The third-order valence-electron chi connectivity index (χ3n) is 5.64. The predicted molar refractivity (Wildman–Crippen MR) is 107 cm³/mol. The molecule has 0 aliphatic carbocycles. The number of piperazine rings is 1. The number of ether oxygens (including phenoxy) is 1. The van der Waals surface area contributed by atoms with E-state index in [0.717, 1.165) is 47.5 Å². The number of rotatable bonds is 2. The minimum Gasteiger partial charge on any atom is -0.492 e.